The van der Waals surface area contributed by atoms with Crippen LogP contribution in [-0.2, 0) is 18.4 Å². The van der Waals surface area contributed by atoms with Gasteiger partial charge in [0, 0.05) is 6.42 Å². The molecule has 1 rings (SSSR count). The summed E-state index contributed by atoms with van der Waals surface area (Å²) < 4.78 is 8.74. The maximum atomic E-state index is 11.1. The zero-order valence-electron chi connectivity index (χ0n) is 8.56. The number of esters is 1. The minimum Gasteiger partial charge on any atom is -0.357 e. The first-order chi connectivity index (χ1) is 6.69. The zero-order chi connectivity index (χ0) is 10.6. The number of aryl methyl sites for hydroxylation is 1. The third-order valence-corrected chi connectivity index (χ3v) is 1.84. The van der Waals surface area contributed by atoms with Gasteiger partial charge in [-0.05, 0) is 0 Å². The Morgan fingerprint density at radius 3 is 3.07 bits per heavy atom. The summed E-state index contributed by atoms with van der Waals surface area (Å²) in [6.45, 7) is 6.03. The van der Waals surface area contributed by atoms with Crippen molar-refractivity contribution in [2.24, 2.45) is 7.05 Å². The van der Waals surface area contributed by atoms with Crippen LogP contribution in [-0.4, -0.2) is 10.5 Å². The van der Waals surface area contributed by atoms with Gasteiger partial charge in [-0.25, -0.2) is 0 Å². The molecule has 4 nitrogen and oxygen atoms in total. The normalized spacial score (nSPS) is 9.86. The summed E-state index contributed by atoms with van der Waals surface area (Å²) in [7, 11) is 1.83. The van der Waals surface area contributed by atoms with Crippen molar-refractivity contribution in [3.63, 3.8) is 0 Å². The van der Waals surface area contributed by atoms with Crippen LogP contribution in [0.2, 0.25) is 0 Å². The minimum atomic E-state index is -0.232. The van der Waals surface area contributed by atoms with E-state index in [1.807, 2.05) is 24.0 Å². The number of rotatable bonds is 4. The molecule has 0 unspecified atom stereocenters. The van der Waals surface area contributed by atoms with Crippen molar-refractivity contribution in [3.05, 3.63) is 25.0 Å². The maximum Gasteiger partial charge on any atom is 0.464 e. The van der Waals surface area contributed by atoms with E-state index in [2.05, 4.69) is 6.58 Å². The smallest absolute Gasteiger partial charge is 0.357 e. The van der Waals surface area contributed by atoms with Crippen LogP contribution >= 0.6 is 0 Å². The predicted molar refractivity (Wildman–Crippen MR) is 51.7 cm³/mol. The summed E-state index contributed by atoms with van der Waals surface area (Å²) in [5.41, 5.74) is 0. The van der Waals surface area contributed by atoms with Crippen molar-refractivity contribution in [2.75, 3.05) is 0 Å². The van der Waals surface area contributed by atoms with Gasteiger partial charge in [0.15, 0.2) is 0 Å². The van der Waals surface area contributed by atoms with Crippen LogP contribution in [0.1, 0.15) is 13.3 Å². The molecule has 0 saturated heterocycles. The molecule has 0 bridgehead atoms. The Morgan fingerprint density at radius 1 is 1.79 bits per heavy atom. The van der Waals surface area contributed by atoms with Crippen LogP contribution in [0.15, 0.2) is 25.0 Å². The number of allylic oxidation sites excluding steroid dienone is 1. The van der Waals surface area contributed by atoms with Crippen molar-refractivity contribution in [1.29, 1.82) is 0 Å². The number of carbonyl (C=O) groups excluding carboxylic acids is 1. The number of carbonyl (C=O) groups is 1. The lowest BCUT2D eigenvalue weighted by Gasteiger charge is -1.99. The molecule has 0 saturated carbocycles. The van der Waals surface area contributed by atoms with Gasteiger partial charge in [0.2, 0.25) is 0 Å². The molecular formula is C10H15N2O2+. The molecule has 1 heterocycles. The second kappa shape index (κ2) is 4.60. The van der Waals surface area contributed by atoms with Crippen LogP contribution in [0.5, 0.6) is 6.01 Å². The predicted octanol–water partition coefficient (Wildman–Crippen LogP) is 0.814. The molecule has 1 aromatic rings. The van der Waals surface area contributed by atoms with Gasteiger partial charge in [-0.15, -0.1) is 0 Å². The van der Waals surface area contributed by atoms with Gasteiger partial charge in [-0.3, -0.25) is 4.79 Å². The summed E-state index contributed by atoms with van der Waals surface area (Å²) in [6.07, 6.45) is 5.81. The topological polar surface area (TPSA) is 35.1 Å². The first-order valence-corrected chi connectivity index (χ1v) is 4.55. The second-order valence-corrected chi connectivity index (χ2v) is 2.96. The lowest BCUT2D eigenvalue weighted by atomic mass is 10.5. The summed E-state index contributed by atoms with van der Waals surface area (Å²) in [5.74, 6) is -0.232. The number of nitrogens with zero attached hydrogens (tertiary/aromatic N) is 2. The minimum absolute atomic E-state index is 0.232. The lowest BCUT2D eigenvalue weighted by molar-refractivity contribution is -0.675. The SMILES string of the molecule is C=CCn1cc[n+](C)c1OC(=O)CC. The van der Waals surface area contributed by atoms with E-state index in [4.69, 9.17) is 4.74 Å². The summed E-state index contributed by atoms with van der Waals surface area (Å²) >= 11 is 0. The Morgan fingerprint density at radius 2 is 2.50 bits per heavy atom. The largest absolute Gasteiger partial charge is 0.464 e. The van der Waals surface area contributed by atoms with Crippen molar-refractivity contribution < 1.29 is 14.1 Å². The van der Waals surface area contributed by atoms with Crippen molar-refractivity contribution in [3.8, 4) is 6.01 Å². The standard InChI is InChI=1S/C10H15N2O2/c1-4-6-12-8-7-11(3)10(12)14-9(13)5-2/h4,7-8H,1,5-6H2,2-3H3/q+1. The molecule has 0 aliphatic rings. The average molecular weight is 195 g/mol. The Kier molecular flexibility index (Phi) is 3.45. The van der Waals surface area contributed by atoms with E-state index in [0.717, 1.165) is 0 Å². The first-order valence-electron chi connectivity index (χ1n) is 4.55. The fourth-order valence-electron chi connectivity index (χ4n) is 1.09. The molecular weight excluding hydrogens is 180 g/mol. The van der Waals surface area contributed by atoms with Crippen molar-refractivity contribution >= 4 is 5.97 Å². The first kappa shape index (κ1) is 10.5. The highest BCUT2D eigenvalue weighted by Gasteiger charge is 2.17. The van der Waals surface area contributed by atoms with E-state index in [9.17, 15) is 4.79 Å². The van der Waals surface area contributed by atoms with Crippen LogP contribution in [0.25, 0.3) is 0 Å². The van der Waals surface area contributed by atoms with Crippen LogP contribution in [0, 0.1) is 0 Å². The van der Waals surface area contributed by atoms with Crippen molar-refractivity contribution in [1.82, 2.24) is 4.57 Å². The van der Waals surface area contributed by atoms with Gasteiger partial charge in [-0.1, -0.05) is 19.6 Å². The van der Waals surface area contributed by atoms with Gasteiger partial charge >= 0.3 is 12.0 Å². The van der Waals surface area contributed by atoms with Gasteiger partial charge in [0.05, 0.1) is 7.05 Å². The van der Waals surface area contributed by atoms with Crippen LogP contribution in [0.3, 0.4) is 0 Å². The molecule has 0 amide bonds. The lowest BCUT2D eigenvalue weighted by Crippen LogP contribution is -2.30. The number of imidazole rings is 1. The monoisotopic (exact) mass is 195 g/mol. The van der Waals surface area contributed by atoms with E-state index >= 15 is 0 Å². The number of ether oxygens (including phenoxy) is 1. The van der Waals surface area contributed by atoms with Gasteiger partial charge in [0.25, 0.3) is 0 Å². The molecule has 1 aromatic heterocycles. The van der Waals surface area contributed by atoms with E-state index < -0.39 is 0 Å². The van der Waals surface area contributed by atoms with Gasteiger partial charge < -0.3 is 4.74 Å². The summed E-state index contributed by atoms with van der Waals surface area (Å²) in [4.78, 5) is 11.1. The Bertz CT molecular complexity index is 342. The molecule has 0 aromatic carbocycles. The number of hydrogen-bond donors (Lipinski definition) is 0. The average Bonchev–Trinajstić information content (AvgIpc) is 2.50. The molecule has 0 N–H and O–H groups in total. The zero-order valence-corrected chi connectivity index (χ0v) is 8.56. The molecule has 0 spiro atoms. The highest BCUT2D eigenvalue weighted by molar-refractivity contribution is 5.70. The highest BCUT2D eigenvalue weighted by atomic mass is 16.6. The fraction of sp³-hybridized carbons (Fsp3) is 0.400. The molecule has 14 heavy (non-hydrogen) atoms. The maximum absolute atomic E-state index is 11.1. The van der Waals surface area contributed by atoms with Crippen molar-refractivity contribution in [2.45, 2.75) is 19.9 Å². The van der Waals surface area contributed by atoms with E-state index in [0.29, 0.717) is 19.0 Å². The molecule has 0 fully saturated rings. The Hall–Kier alpha value is -1.58. The van der Waals surface area contributed by atoms with E-state index in [1.165, 1.54) is 0 Å². The summed E-state index contributed by atoms with van der Waals surface area (Å²) in [5, 5.41) is 0. The summed E-state index contributed by atoms with van der Waals surface area (Å²) in [6, 6.07) is 0.539. The molecule has 0 aliphatic heterocycles. The van der Waals surface area contributed by atoms with Gasteiger partial charge in [-0.2, -0.15) is 9.13 Å². The third-order valence-electron chi connectivity index (χ3n) is 1.84. The van der Waals surface area contributed by atoms with E-state index in [1.54, 1.807) is 17.6 Å². The van der Waals surface area contributed by atoms with Crippen LogP contribution in [0.4, 0.5) is 0 Å². The Balaban J connectivity index is 2.87. The molecule has 4 heteroatoms. The number of hydrogen-bond acceptors (Lipinski definition) is 2. The molecule has 0 aliphatic carbocycles. The molecule has 0 radical (unpaired) electrons. The van der Waals surface area contributed by atoms with Crippen LogP contribution < -0.4 is 9.30 Å². The highest BCUT2D eigenvalue weighted by Crippen LogP contribution is 2.05. The van der Waals surface area contributed by atoms with Gasteiger partial charge in [0.1, 0.15) is 18.9 Å². The number of aromatic nitrogens is 2. The fourth-order valence-corrected chi connectivity index (χ4v) is 1.09. The quantitative estimate of drug-likeness (QED) is 0.405. The third kappa shape index (κ3) is 2.22. The molecule has 76 valence electrons. The van der Waals surface area contributed by atoms with E-state index in [-0.39, 0.29) is 5.97 Å². The Labute approximate surface area is 83.4 Å². The second-order valence-electron chi connectivity index (χ2n) is 2.96. The molecule has 0 atom stereocenters.